The first-order valence-corrected chi connectivity index (χ1v) is 6.70. The van der Waals surface area contributed by atoms with E-state index in [-0.39, 0.29) is 11.7 Å². The Hall–Kier alpha value is -1.84. The van der Waals surface area contributed by atoms with Gasteiger partial charge in [0.2, 0.25) is 0 Å². The molecule has 0 fully saturated rings. The summed E-state index contributed by atoms with van der Waals surface area (Å²) < 4.78 is 5.29. The van der Waals surface area contributed by atoms with Gasteiger partial charge in [0.25, 0.3) is 0 Å². The van der Waals surface area contributed by atoms with Crippen molar-refractivity contribution in [2.24, 2.45) is 0 Å². The van der Waals surface area contributed by atoms with Gasteiger partial charge in [0.05, 0.1) is 5.92 Å². The lowest BCUT2D eigenvalue weighted by Crippen LogP contribution is -2.37. The third kappa shape index (κ3) is 5.03. The third-order valence-corrected chi connectivity index (χ3v) is 2.85. The number of rotatable bonds is 4. The van der Waals surface area contributed by atoms with Crippen LogP contribution in [0.3, 0.4) is 0 Å². The van der Waals surface area contributed by atoms with Gasteiger partial charge in [-0.2, -0.15) is 0 Å². The summed E-state index contributed by atoms with van der Waals surface area (Å²) in [7, 11) is 1.65. The monoisotopic (exact) mass is 277 g/mol. The average Bonchev–Trinajstić information content (AvgIpc) is 2.34. The van der Waals surface area contributed by atoms with Crippen molar-refractivity contribution in [3.8, 4) is 0 Å². The number of likely N-dealkylation sites (N-methyl/N-ethyl adjacent to an activating group) is 1. The predicted molar refractivity (Wildman–Crippen MR) is 78.7 cm³/mol. The van der Waals surface area contributed by atoms with E-state index in [0.717, 1.165) is 5.56 Å². The number of ketones is 1. The van der Waals surface area contributed by atoms with E-state index in [1.54, 1.807) is 14.0 Å². The largest absolute Gasteiger partial charge is 0.444 e. The lowest BCUT2D eigenvalue weighted by atomic mass is 9.95. The number of ether oxygens (including phenoxy) is 1. The topological polar surface area (TPSA) is 46.6 Å². The van der Waals surface area contributed by atoms with Gasteiger partial charge in [-0.05, 0) is 33.3 Å². The number of carbonyl (C=O) groups is 2. The van der Waals surface area contributed by atoms with Crippen LogP contribution in [0.4, 0.5) is 4.79 Å². The van der Waals surface area contributed by atoms with Crippen molar-refractivity contribution in [1.29, 1.82) is 0 Å². The Labute approximate surface area is 120 Å². The molecule has 4 heteroatoms. The van der Waals surface area contributed by atoms with Crippen molar-refractivity contribution >= 4 is 11.9 Å². The first kappa shape index (κ1) is 16.2. The Morgan fingerprint density at radius 3 is 2.20 bits per heavy atom. The number of nitrogens with zero attached hydrogens (tertiary/aromatic N) is 1. The quantitative estimate of drug-likeness (QED) is 0.849. The van der Waals surface area contributed by atoms with Crippen LogP contribution in [-0.4, -0.2) is 36.0 Å². The summed E-state index contributed by atoms with van der Waals surface area (Å²) in [5, 5.41) is 0. The average molecular weight is 277 g/mol. The predicted octanol–water partition coefficient (Wildman–Crippen LogP) is 3.23. The molecule has 1 aromatic carbocycles. The lowest BCUT2D eigenvalue weighted by molar-refractivity contribution is -0.118. The Morgan fingerprint density at radius 1 is 1.20 bits per heavy atom. The molecule has 1 unspecified atom stereocenters. The van der Waals surface area contributed by atoms with Crippen molar-refractivity contribution < 1.29 is 14.3 Å². The Morgan fingerprint density at radius 2 is 1.75 bits per heavy atom. The van der Waals surface area contributed by atoms with Crippen LogP contribution in [0, 0.1) is 0 Å². The standard InChI is InChI=1S/C16H23NO3/c1-12(18)14(13-9-7-6-8-10-13)11-17(5)15(19)20-16(2,3)4/h6-10,14H,11H2,1-5H3. The fraction of sp³-hybridized carbons (Fsp3) is 0.500. The Kier molecular flexibility index (Phi) is 5.31. The second-order valence-corrected chi connectivity index (χ2v) is 5.93. The summed E-state index contributed by atoms with van der Waals surface area (Å²) in [5.74, 6) is -0.291. The molecule has 1 aromatic rings. The highest BCUT2D eigenvalue weighted by Gasteiger charge is 2.24. The van der Waals surface area contributed by atoms with Crippen molar-refractivity contribution in [3.05, 3.63) is 35.9 Å². The smallest absolute Gasteiger partial charge is 0.410 e. The highest BCUT2D eigenvalue weighted by Crippen LogP contribution is 2.19. The van der Waals surface area contributed by atoms with Crippen molar-refractivity contribution in [1.82, 2.24) is 4.90 Å². The van der Waals surface area contributed by atoms with Crippen molar-refractivity contribution in [2.45, 2.75) is 39.2 Å². The van der Waals surface area contributed by atoms with Crippen molar-refractivity contribution in [3.63, 3.8) is 0 Å². The zero-order valence-electron chi connectivity index (χ0n) is 12.8. The van der Waals surface area contributed by atoms with Crippen LogP contribution in [0.25, 0.3) is 0 Å². The van der Waals surface area contributed by atoms with E-state index in [0.29, 0.717) is 6.54 Å². The first-order chi connectivity index (χ1) is 9.20. The molecule has 1 amide bonds. The van der Waals surface area contributed by atoms with Crippen molar-refractivity contribution in [2.75, 3.05) is 13.6 Å². The summed E-state index contributed by atoms with van der Waals surface area (Å²) in [6.45, 7) is 7.31. The summed E-state index contributed by atoms with van der Waals surface area (Å²) >= 11 is 0. The number of hydrogen-bond donors (Lipinski definition) is 0. The maximum atomic E-state index is 11.9. The molecule has 0 aliphatic carbocycles. The van der Waals surface area contributed by atoms with E-state index in [1.807, 2.05) is 51.1 Å². The van der Waals surface area contributed by atoms with Gasteiger partial charge >= 0.3 is 6.09 Å². The van der Waals surface area contributed by atoms with Gasteiger partial charge in [0.1, 0.15) is 11.4 Å². The number of hydrogen-bond acceptors (Lipinski definition) is 3. The van der Waals surface area contributed by atoms with Crippen LogP contribution >= 0.6 is 0 Å². The molecule has 20 heavy (non-hydrogen) atoms. The van der Waals surface area contributed by atoms with Crippen LogP contribution < -0.4 is 0 Å². The van der Waals surface area contributed by atoms with Gasteiger partial charge in [0, 0.05) is 13.6 Å². The molecule has 0 aliphatic rings. The van der Waals surface area contributed by atoms with Crippen LogP contribution in [0.15, 0.2) is 30.3 Å². The molecule has 110 valence electrons. The van der Waals surface area contributed by atoms with E-state index < -0.39 is 11.7 Å². The zero-order valence-corrected chi connectivity index (χ0v) is 12.8. The van der Waals surface area contributed by atoms with E-state index in [1.165, 1.54) is 4.90 Å². The highest BCUT2D eigenvalue weighted by atomic mass is 16.6. The molecule has 0 N–H and O–H groups in total. The maximum Gasteiger partial charge on any atom is 0.410 e. The summed E-state index contributed by atoms with van der Waals surface area (Å²) in [6.07, 6.45) is -0.417. The fourth-order valence-corrected chi connectivity index (χ4v) is 1.84. The lowest BCUT2D eigenvalue weighted by Gasteiger charge is -2.27. The number of Topliss-reactive ketones (excluding diaryl/α,β-unsaturated/α-hetero) is 1. The van der Waals surface area contributed by atoms with Crippen LogP contribution in [0.1, 0.15) is 39.2 Å². The minimum absolute atomic E-state index is 0.0339. The van der Waals surface area contributed by atoms with Gasteiger partial charge in [-0.3, -0.25) is 4.79 Å². The number of carbonyl (C=O) groups excluding carboxylic acids is 2. The summed E-state index contributed by atoms with van der Waals surface area (Å²) in [6, 6.07) is 9.47. The zero-order chi connectivity index (χ0) is 15.3. The number of benzene rings is 1. The minimum atomic E-state index is -0.538. The van der Waals surface area contributed by atoms with Gasteiger partial charge in [-0.25, -0.2) is 4.79 Å². The maximum absolute atomic E-state index is 11.9. The molecular formula is C16H23NO3. The van der Waals surface area contributed by atoms with Gasteiger partial charge in [-0.15, -0.1) is 0 Å². The fourth-order valence-electron chi connectivity index (χ4n) is 1.84. The third-order valence-electron chi connectivity index (χ3n) is 2.85. The highest BCUT2D eigenvalue weighted by molar-refractivity contribution is 5.84. The Balaban J connectivity index is 2.77. The molecule has 1 rings (SSSR count). The normalized spacial score (nSPS) is 12.7. The first-order valence-electron chi connectivity index (χ1n) is 6.70. The van der Waals surface area contributed by atoms with Crippen LogP contribution in [-0.2, 0) is 9.53 Å². The van der Waals surface area contributed by atoms with E-state index in [4.69, 9.17) is 4.74 Å². The van der Waals surface area contributed by atoms with E-state index >= 15 is 0 Å². The molecule has 4 nitrogen and oxygen atoms in total. The summed E-state index contributed by atoms with van der Waals surface area (Å²) in [4.78, 5) is 25.2. The molecule has 0 saturated carbocycles. The molecule has 0 aromatic heterocycles. The Bertz CT molecular complexity index is 462. The summed E-state index contributed by atoms with van der Waals surface area (Å²) in [5.41, 5.74) is 0.375. The number of amides is 1. The molecular weight excluding hydrogens is 254 g/mol. The second-order valence-electron chi connectivity index (χ2n) is 5.93. The SMILES string of the molecule is CC(=O)C(CN(C)C(=O)OC(C)(C)C)c1ccccc1. The van der Waals surface area contributed by atoms with Crippen LogP contribution in [0.5, 0.6) is 0 Å². The second kappa shape index (κ2) is 6.55. The van der Waals surface area contributed by atoms with E-state index in [2.05, 4.69) is 0 Å². The van der Waals surface area contributed by atoms with Crippen LogP contribution in [0.2, 0.25) is 0 Å². The van der Waals surface area contributed by atoms with Gasteiger partial charge in [0.15, 0.2) is 0 Å². The molecule has 0 spiro atoms. The van der Waals surface area contributed by atoms with Gasteiger partial charge in [-0.1, -0.05) is 30.3 Å². The molecule has 0 aliphatic heterocycles. The van der Waals surface area contributed by atoms with E-state index in [9.17, 15) is 9.59 Å². The molecule has 0 radical (unpaired) electrons. The molecule has 0 bridgehead atoms. The molecule has 0 heterocycles. The molecule has 0 saturated heterocycles. The van der Waals surface area contributed by atoms with Gasteiger partial charge < -0.3 is 9.64 Å². The molecule has 1 atom stereocenters. The minimum Gasteiger partial charge on any atom is -0.444 e.